The summed E-state index contributed by atoms with van der Waals surface area (Å²) in [5.41, 5.74) is 1.000. The summed E-state index contributed by atoms with van der Waals surface area (Å²) in [6.07, 6.45) is 0.950. The molecule has 1 saturated heterocycles. The van der Waals surface area contributed by atoms with Gasteiger partial charge in [0.1, 0.15) is 0 Å². The first-order chi connectivity index (χ1) is 7.31. The molecular formula is C12H14O3. The van der Waals surface area contributed by atoms with Gasteiger partial charge < -0.3 is 9.47 Å². The lowest BCUT2D eigenvalue weighted by atomic mass is 9.94. The van der Waals surface area contributed by atoms with Crippen molar-refractivity contribution in [2.24, 2.45) is 0 Å². The fourth-order valence-corrected chi connectivity index (χ4v) is 1.66. The molecule has 0 aliphatic carbocycles. The van der Waals surface area contributed by atoms with Crippen LogP contribution in [0.2, 0.25) is 0 Å². The van der Waals surface area contributed by atoms with Crippen molar-refractivity contribution < 1.29 is 14.3 Å². The van der Waals surface area contributed by atoms with Crippen LogP contribution in [0, 0.1) is 0 Å². The summed E-state index contributed by atoms with van der Waals surface area (Å²) < 4.78 is 9.95. The molecule has 1 aliphatic rings. The lowest BCUT2D eigenvalue weighted by Crippen LogP contribution is -2.16. The van der Waals surface area contributed by atoms with Crippen molar-refractivity contribution in [3.8, 4) is 0 Å². The third-order valence-electron chi connectivity index (χ3n) is 2.59. The maximum atomic E-state index is 11.6. The molecule has 1 aromatic rings. The highest BCUT2D eigenvalue weighted by atomic mass is 16.6. The van der Waals surface area contributed by atoms with E-state index in [2.05, 4.69) is 0 Å². The van der Waals surface area contributed by atoms with Gasteiger partial charge in [0, 0.05) is 0 Å². The summed E-state index contributed by atoms with van der Waals surface area (Å²) in [7, 11) is 1.42. The van der Waals surface area contributed by atoms with Crippen LogP contribution in [0.1, 0.15) is 17.9 Å². The zero-order chi connectivity index (χ0) is 10.7. The van der Waals surface area contributed by atoms with Crippen molar-refractivity contribution in [3.63, 3.8) is 0 Å². The molecule has 1 aliphatic heterocycles. The molecule has 0 N–H and O–H groups in total. The third-order valence-corrected chi connectivity index (χ3v) is 2.59. The molecule has 2 rings (SSSR count). The molecule has 2 unspecified atom stereocenters. The van der Waals surface area contributed by atoms with Gasteiger partial charge in [-0.1, -0.05) is 30.3 Å². The predicted molar refractivity (Wildman–Crippen MR) is 55.6 cm³/mol. The van der Waals surface area contributed by atoms with E-state index in [1.165, 1.54) is 7.11 Å². The Labute approximate surface area is 89.0 Å². The molecule has 2 atom stereocenters. The topological polar surface area (TPSA) is 38.8 Å². The summed E-state index contributed by atoms with van der Waals surface area (Å²) in [6, 6.07) is 9.69. The molecule has 3 nitrogen and oxygen atoms in total. The van der Waals surface area contributed by atoms with Crippen molar-refractivity contribution in [1.82, 2.24) is 0 Å². The van der Waals surface area contributed by atoms with Crippen LogP contribution in [0.5, 0.6) is 0 Å². The first-order valence-electron chi connectivity index (χ1n) is 5.05. The summed E-state index contributed by atoms with van der Waals surface area (Å²) in [5.74, 6) is -0.375. The van der Waals surface area contributed by atoms with Crippen LogP contribution >= 0.6 is 0 Å². The number of ether oxygens (including phenoxy) is 2. The zero-order valence-electron chi connectivity index (χ0n) is 8.68. The van der Waals surface area contributed by atoms with E-state index < -0.39 is 0 Å². The minimum atomic E-state index is -0.191. The highest BCUT2D eigenvalue weighted by molar-refractivity contribution is 5.78. The van der Waals surface area contributed by atoms with Crippen molar-refractivity contribution in [1.29, 1.82) is 0 Å². The molecule has 1 fully saturated rings. The van der Waals surface area contributed by atoms with Gasteiger partial charge >= 0.3 is 5.97 Å². The molecule has 0 saturated carbocycles. The van der Waals surface area contributed by atoms with Gasteiger partial charge in [0.25, 0.3) is 0 Å². The van der Waals surface area contributed by atoms with E-state index in [0.717, 1.165) is 18.6 Å². The lowest BCUT2D eigenvalue weighted by Gasteiger charge is -2.13. The molecular weight excluding hydrogens is 192 g/mol. The van der Waals surface area contributed by atoms with E-state index >= 15 is 0 Å². The van der Waals surface area contributed by atoms with Gasteiger partial charge in [0.2, 0.25) is 0 Å². The van der Waals surface area contributed by atoms with E-state index in [1.807, 2.05) is 30.3 Å². The summed E-state index contributed by atoms with van der Waals surface area (Å²) in [5, 5.41) is 0. The van der Waals surface area contributed by atoms with Gasteiger partial charge in [0.15, 0.2) is 0 Å². The van der Waals surface area contributed by atoms with Gasteiger partial charge in [-0.3, -0.25) is 4.79 Å². The number of rotatable bonds is 4. The normalized spacial score (nSPS) is 20.7. The predicted octanol–water partition coefficient (Wildman–Crippen LogP) is 1.73. The van der Waals surface area contributed by atoms with Crippen LogP contribution in [-0.4, -0.2) is 25.8 Å². The Kier molecular flexibility index (Phi) is 3.02. The highest BCUT2D eigenvalue weighted by Gasteiger charge is 2.31. The van der Waals surface area contributed by atoms with Crippen LogP contribution in [0.4, 0.5) is 0 Å². The Morgan fingerprint density at radius 1 is 1.53 bits per heavy atom. The average molecular weight is 206 g/mol. The van der Waals surface area contributed by atoms with Gasteiger partial charge in [-0.05, 0) is 12.0 Å². The average Bonchev–Trinajstić information content (AvgIpc) is 3.10. The van der Waals surface area contributed by atoms with Crippen LogP contribution < -0.4 is 0 Å². The summed E-state index contributed by atoms with van der Waals surface area (Å²) in [4.78, 5) is 11.6. The molecule has 1 aromatic carbocycles. The molecule has 0 aromatic heterocycles. The molecule has 0 bridgehead atoms. The van der Waals surface area contributed by atoms with Crippen LogP contribution in [-0.2, 0) is 14.3 Å². The van der Waals surface area contributed by atoms with E-state index in [-0.39, 0.29) is 18.0 Å². The number of methoxy groups -OCH3 is 1. The SMILES string of the molecule is COC(=O)C(CC1CO1)c1ccccc1. The van der Waals surface area contributed by atoms with Crippen LogP contribution in [0.15, 0.2) is 30.3 Å². The Morgan fingerprint density at radius 3 is 2.73 bits per heavy atom. The second kappa shape index (κ2) is 4.45. The quantitative estimate of drug-likeness (QED) is 0.556. The van der Waals surface area contributed by atoms with Crippen molar-refractivity contribution >= 4 is 5.97 Å². The Balaban J connectivity index is 2.13. The van der Waals surface area contributed by atoms with Gasteiger partial charge in [-0.15, -0.1) is 0 Å². The fraction of sp³-hybridized carbons (Fsp3) is 0.417. The molecule has 3 heteroatoms. The monoisotopic (exact) mass is 206 g/mol. The van der Waals surface area contributed by atoms with Gasteiger partial charge in [-0.2, -0.15) is 0 Å². The van der Waals surface area contributed by atoms with Gasteiger partial charge in [-0.25, -0.2) is 0 Å². The minimum Gasteiger partial charge on any atom is -0.469 e. The molecule has 15 heavy (non-hydrogen) atoms. The molecule has 80 valence electrons. The Bertz CT molecular complexity index is 330. The molecule has 1 heterocycles. The Morgan fingerprint density at radius 2 is 2.20 bits per heavy atom. The second-order valence-electron chi connectivity index (χ2n) is 3.68. The maximum absolute atomic E-state index is 11.6. The van der Waals surface area contributed by atoms with E-state index in [9.17, 15) is 4.79 Å². The van der Waals surface area contributed by atoms with Crippen LogP contribution in [0.3, 0.4) is 0 Å². The number of carbonyl (C=O) groups is 1. The van der Waals surface area contributed by atoms with Crippen LogP contribution in [0.25, 0.3) is 0 Å². The Hall–Kier alpha value is -1.35. The lowest BCUT2D eigenvalue weighted by molar-refractivity contribution is -0.142. The number of carbonyl (C=O) groups excluding carboxylic acids is 1. The van der Waals surface area contributed by atoms with E-state index in [4.69, 9.17) is 9.47 Å². The first kappa shape index (κ1) is 10.2. The van der Waals surface area contributed by atoms with Crippen molar-refractivity contribution in [2.75, 3.05) is 13.7 Å². The smallest absolute Gasteiger partial charge is 0.313 e. The third kappa shape index (κ3) is 2.57. The number of benzene rings is 1. The minimum absolute atomic E-state index is 0.184. The largest absolute Gasteiger partial charge is 0.469 e. The molecule has 0 amide bonds. The van der Waals surface area contributed by atoms with Crippen molar-refractivity contribution in [3.05, 3.63) is 35.9 Å². The number of hydrogen-bond donors (Lipinski definition) is 0. The molecule has 0 radical (unpaired) electrons. The molecule has 0 spiro atoms. The maximum Gasteiger partial charge on any atom is 0.313 e. The zero-order valence-corrected chi connectivity index (χ0v) is 8.68. The summed E-state index contributed by atoms with van der Waals surface area (Å²) >= 11 is 0. The fourth-order valence-electron chi connectivity index (χ4n) is 1.66. The van der Waals surface area contributed by atoms with E-state index in [0.29, 0.717) is 0 Å². The van der Waals surface area contributed by atoms with Gasteiger partial charge in [0.05, 0.1) is 25.7 Å². The number of epoxide rings is 1. The number of esters is 1. The van der Waals surface area contributed by atoms with Crippen molar-refractivity contribution in [2.45, 2.75) is 18.4 Å². The first-order valence-corrected chi connectivity index (χ1v) is 5.05. The highest BCUT2D eigenvalue weighted by Crippen LogP contribution is 2.28. The standard InChI is InChI=1S/C12H14O3/c1-14-12(13)11(7-10-8-15-10)9-5-3-2-4-6-9/h2-6,10-11H,7-8H2,1H3. The summed E-state index contributed by atoms with van der Waals surface area (Å²) in [6.45, 7) is 0.764. The second-order valence-corrected chi connectivity index (χ2v) is 3.68. The number of hydrogen-bond acceptors (Lipinski definition) is 3. The van der Waals surface area contributed by atoms with E-state index in [1.54, 1.807) is 0 Å².